The molecule has 0 radical (unpaired) electrons. The Morgan fingerprint density at radius 1 is 1.19 bits per heavy atom. The van der Waals surface area contributed by atoms with Crippen molar-refractivity contribution in [2.75, 3.05) is 11.1 Å². The first kappa shape index (κ1) is 19.4. The van der Waals surface area contributed by atoms with Crippen LogP contribution < -0.4 is 5.32 Å². The van der Waals surface area contributed by atoms with Gasteiger partial charge in [0.15, 0.2) is 5.16 Å². The number of carbonyl (C=O) groups excluding carboxylic acids is 1. The molecule has 0 spiro atoms. The zero-order chi connectivity index (χ0) is 19.2. The molecule has 3 aromatic rings. The SMILES string of the molecule is Cc1ccc(-n2cnnc2SCC(=O)Nc2ccccc2SC(F)F)cc1. The number of aryl methyl sites for hydroxylation is 1. The van der Waals surface area contributed by atoms with Gasteiger partial charge in [0.2, 0.25) is 5.91 Å². The second-order valence-corrected chi connectivity index (χ2v) is 7.50. The number of benzene rings is 2. The highest BCUT2D eigenvalue weighted by Gasteiger charge is 2.14. The van der Waals surface area contributed by atoms with E-state index in [0.29, 0.717) is 27.5 Å². The third-order valence-corrected chi connectivity index (χ3v) is 5.27. The van der Waals surface area contributed by atoms with Gasteiger partial charge in [0.25, 0.3) is 5.76 Å². The van der Waals surface area contributed by atoms with E-state index in [1.54, 1.807) is 35.2 Å². The molecule has 5 nitrogen and oxygen atoms in total. The van der Waals surface area contributed by atoms with Gasteiger partial charge in [-0.3, -0.25) is 9.36 Å². The second kappa shape index (κ2) is 9.01. The summed E-state index contributed by atoms with van der Waals surface area (Å²) in [7, 11) is 0. The maximum Gasteiger partial charge on any atom is 0.288 e. The Balaban J connectivity index is 1.64. The number of rotatable bonds is 7. The van der Waals surface area contributed by atoms with Crippen molar-refractivity contribution in [2.45, 2.75) is 22.7 Å². The molecule has 1 aromatic heterocycles. The fourth-order valence-electron chi connectivity index (χ4n) is 2.29. The lowest BCUT2D eigenvalue weighted by Crippen LogP contribution is -2.15. The number of nitrogens with one attached hydrogen (secondary N) is 1. The highest BCUT2D eigenvalue weighted by Crippen LogP contribution is 2.31. The van der Waals surface area contributed by atoms with Crippen LogP contribution in [0.2, 0.25) is 0 Å². The first-order valence-electron chi connectivity index (χ1n) is 7.96. The van der Waals surface area contributed by atoms with E-state index in [9.17, 15) is 13.6 Å². The van der Waals surface area contributed by atoms with Gasteiger partial charge in [0, 0.05) is 10.6 Å². The van der Waals surface area contributed by atoms with Crippen LogP contribution in [0.15, 0.2) is 64.9 Å². The van der Waals surface area contributed by atoms with Crippen molar-refractivity contribution in [1.29, 1.82) is 0 Å². The Bertz CT molecular complexity index is 916. The minimum absolute atomic E-state index is 0.0816. The Morgan fingerprint density at radius 2 is 1.93 bits per heavy atom. The van der Waals surface area contributed by atoms with E-state index >= 15 is 0 Å². The number of hydrogen-bond acceptors (Lipinski definition) is 5. The Hall–Kier alpha value is -2.39. The topological polar surface area (TPSA) is 59.8 Å². The number of para-hydroxylation sites is 1. The summed E-state index contributed by atoms with van der Waals surface area (Å²) in [5, 5.41) is 11.2. The van der Waals surface area contributed by atoms with Crippen molar-refractivity contribution in [1.82, 2.24) is 14.8 Å². The van der Waals surface area contributed by atoms with E-state index in [4.69, 9.17) is 0 Å². The third-order valence-electron chi connectivity index (χ3n) is 3.54. The molecule has 3 rings (SSSR count). The summed E-state index contributed by atoms with van der Waals surface area (Å²) in [5.74, 6) is -2.77. The lowest BCUT2D eigenvalue weighted by atomic mass is 10.2. The standard InChI is InChI=1S/C18H16F2N4OS2/c1-12-6-8-13(9-7-12)24-11-21-23-18(24)26-10-16(25)22-14-4-2-3-5-15(14)27-17(19)20/h2-9,11,17H,10H2,1H3,(H,22,25). The molecule has 0 aliphatic rings. The van der Waals surface area contributed by atoms with Crippen LogP contribution in [0.4, 0.5) is 14.5 Å². The van der Waals surface area contributed by atoms with Gasteiger partial charge in [0.05, 0.1) is 11.4 Å². The second-order valence-electron chi connectivity index (χ2n) is 5.53. The number of aromatic nitrogens is 3. The molecule has 0 aliphatic carbocycles. The third kappa shape index (κ3) is 5.30. The van der Waals surface area contributed by atoms with Crippen molar-refractivity contribution in [3.8, 4) is 5.69 Å². The lowest BCUT2D eigenvalue weighted by molar-refractivity contribution is -0.113. The van der Waals surface area contributed by atoms with Gasteiger partial charge in [-0.05, 0) is 31.2 Å². The van der Waals surface area contributed by atoms with Crippen molar-refractivity contribution in [2.24, 2.45) is 0 Å². The number of nitrogens with zero attached hydrogens (tertiary/aromatic N) is 3. The summed E-state index contributed by atoms with van der Waals surface area (Å²) in [6.07, 6.45) is 1.58. The maximum atomic E-state index is 12.6. The normalized spacial score (nSPS) is 11.0. The molecule has 9 heteroatoms. The monoisotopic (exact) mass is 406 g/mol. The van der Waals surface area contributed by atoms with Gasteiger partial charge >= 0.3 is 0 Å². The molecule has 0 aliphatic heterocycles. The molecule has 140 valence electrons. The van der Waals surface area contributed by atoms with Gasteiger partial charge in [-0.25, -0.2) is 0 Å². The van der Waals surface area contributed by atoms with Crippen LogP contribution in [0.5, 0.6) is 0 Å². The van der Waals surface area contributed by atoms with Gasteiger partial charge < -0.3 is 5.32 Å². The molecular formula is C18H16F2N4OS2. The van der Waals surface area contributed by atoms with Crippen molar-refractivity contribution >= 4 is 35.1 Å². The van der Waals surface area contributed by atoms with Crippen LogP contribution in [0.25, 0.3) is 5.69 Å². The van der Waals surface area contributed by atoms with Gasteiger partial charge in [-0.15, -0.1) is 10.2 Å². The summed E-state index contributed by atoms with van der Waals surface area (Å²) >= 11 is 1.62. The Kier molecular flexibility index (Phi) is 6.46. The first-order valence-corrected chi connectivity index (χ1v) is 9.83. The lowest BCUT2D eigenvalue weighted by Gasteiger charge is -2.10. The average molecular weight is 406 g/mol. The molecule has 1 N–H and O–H groups in total. The quantitative estimate of drug-likeness (QED) is 0.580. The van der Waals surface area contributed by atoms with E-state index in [0.717, 1.165) is 11.3 Å². The van der Waals surface area contributed by atoms with Crippen molar-refractivity contribution in [3.63, 3.8) is 0 Å². The van der Waals surface area contributed by atoms with Crippen LogP contribution in [0.1, 0.15) is 5.56 Å². The molecule has 0 fully saturated rings. The van der Waals surface area contributed by atoms with Crippen LogP contribution in [-0.4, -0.2) is 32.2 Å². The summed E-state index contributed by atoms with van der Waals surface area (Å²) in [6, 6.07) is 14.3. The van der Waals surface area contributed by atoms with Gasteiger partial charge in [-0.1, -0.05) is 53.4 Å². The first-order chi connectivity index (χ1) is 13.0. The Labute approximate surface area is 163 Å². The zero-order valence-electron chi connectivity index (χ0n) is 14.3. The van der Waals surface area contributed by atoms with E-state index in [-0.39, 0.29) is 11.7 Å². The summed E-state index contributed by atoms with van der Waals surface area (Å²) < 4.78 is 27.1. The smallest absolute Gasteiger partial charge is 0.288 e. The van der Waals surface area contributed by atoms with Crippen molar-refractivity contribution in [3.05, 3.63) is 60.4 Å². The van der Waals surface area contributed by atoms with Crippen molar-refractivity contribution < 1.29 is 13.6 Å². The van der Waals surface area contributed by atoms with Gasteiger partial charge in [0.1, 0.15) is 6.33 Å². The summed E-state index contributed by atoms with van der Waals surface area (Å²) in [5.41, 5.74) is 2.40. The number of thioether (sulfide) groups is 2. The molecule has 27 heavy (non-hydrogen) atoms. The number of halogens is 2. The molecular weight excluding hydrogens is 390 g/mol. The number of anilines is 1. The maximum absolute atomic E-state index is 12.6. The number of alkyl halides is 2. The molecule has 0 saturated carbocycles. The molecule has 1 heterocycles. The number of carbonyl (C=O) groups is 1. The van der Waals surface area contributed by atoms with Gasteiger partial charge in [-0.2, -0.15) is 8.78 Å². The van der Waals surface area contributed by atoms with E-state index in [2.05, 4.69) is 15.5 Å². The Morgan fingerprint density at radius 3 is 2.67 bits per heavy atom. The van der Waals surface area contributed by atoms with E-state index in [1.807, 2.05) is 31.2 Å². The highest BCUT2D eigenvalue weighted by molar-refractivity contribution is 8.00. The molecule has 0 saturated heterocycles. The predicted octanol–water partition coefficient (Wildman–Crippen LogP) is 4.62. The summed E-state index contributed by atoms with van der Waals surface area (Å²) in [4.78, 5) is 12.6. The molecule has 2 aromatic carbocycles. The predicted molar refractivity (Wildman–Crippen MR) is 104 cm³/mol. The minimum Gasteiger partial charge on any atom is -0.324 e. The van der Waals surface area contributed by atoms with Crippen LogP contribution in [0, 0.1) is 6.92 Å². The largest absolute Gasteiger partial charge is 0.324 e. The highest BCUT2D eigenvalue weighted by atomic mass is 32.2. The van der Waals surface area contributed by atoms with Crippen LogP contribution in [-0.2, 0) is 4.79 Å². The average Bonchev–Trinajstić information content (AvgIpc) is 3.10. The molecule has 0 bridgehead atoms. The van der Waals surface area contributed by atoms with Crippen LogP contribution >= 0.6 is 23.5 Å². The molecule has 1 amide bonds. The molecule has 0 atom stereocenters. The van der Waals surface area contributed by atoms with E-state index < -0.39 is 5.76 Å². The summed E-state index contributed by atoms with van der Waals surface area (Å²) in [6.45, 7) is 2.00. The fourth-order valence-corrected chi connectivity index (χ4v) is 3.61. The zero-order valence-corrected chi connectivity index (χ0v) is 15.9. The van der Waals surface area contributed by atoms with Crippen LogP contribution in [0.3, 0.4) is 0 Å². The number of amides is 1. The fraction of sp³-hybridized carbons (Fsp3) is 0.167. The van der Waals surface area contributed by atoms with E-state index in [1.165, 1.54) is 11.8 Å². The number of hydrogen-bond donors (Lipinski definition) is 1. The molecule has 0 unspecified atom stereocenters. The minimum atomic E-state index is -2.55.